The highest BCUT2D eigenvalue weighted by Crippen LogP contribution is 2.29. The van der Waals surface area contributed by atoms with Gasteiger partial charge >= 0.3 is 10.1 Å². The molecule has 5 nitrogen and oxygen atoms in total. The van der Waals surface area contributed by atoms with Gasteiger partial charge in [-0.2, -0.15) is 8.42 Å². The highest BCUT2D eigenvalue weighted by Gasteiger charge is 2.27. The number of aryl methyl sites for hydroxylation is 5. The van der Waals surface area contributed by atoms with Gasteiger partial charge in [-0.1, -0.05) is 22.9 Å². The zero-order valence-electron chi connectivity index (χ0n) is 12.1. The van der Waals surface area contributed by atoms with E-state index in [2.05, 4.69) is 5.16 Å². The Morgan fingerprint density at radius 1 is 1.05 bits per heavy atom. The van der Waals surface area contributed by atoms with E-state index < -0.39 is 10.1 Å². The molecule has 6 heteroatoms. The molecule has 0 aliphatic carbocycles. The van der Waals surface area contributed by atoms with E-state index >= 15 is 0 Å². The Balaban J connectivity index is 2.50. The first-order valence-corrected chi connectivity index (χ1v) is 7.58. The summed E-state index contributed by atoms with van der Waals surface area (Å²) in [4.78, 5) is -0.00289. The van der Waals surface area contributed by atoms with Gasteiger partial charge < -0.3 is 8.71 Å². The Hall–Kier alpha value is -1.82. The van der Waals surface area contributed by atoms with Crippen LogP contribution in [-0.2, 0) is 10.1 Å². The van der Waals surface area contributed by atoms with Crippen LogP contribution < -0.4 is 4.18 Å². The Bertz CT molecular complexity index is 717. The van der Waals surface area contributed by atoms with Crippen molar-refractivity contribution in [3.63, 3.8) is 0 Å². The van der Waals surface area contributed by atoms with Gasteiger partial charge in [0, 0.05) is 0 Å². The van der Waals surface area contributed by atoms with Gasteiger partial charge in [0.1, 0.15) is 11.4 Å². The molecular formula is C14H17NO4S. The molecule has 108 valence electrons. The number of benzene rings is 1. The molecule has 20 heavy (non-hydrogen) atoms. The third kappa shape index (κ3) is 2.56. The predicted octanol–water partition coefficient (Wildman–Crippen LogP) is 2.98. The van der Waals surface area contributed by atoms with E-state index in [9.17, 15) is 8.42 Å². The molecule has 2 rings (SSSR count). The van der Waals surface area contributed by atoms with Crippen LogP contribution in [0.5, 0.6) is 5.75 Å². The number of hydrogen-bond donors (Lipinski definition) is 0. The molecular weight excluding hydrogens is 278 g/mol. The maximum atomic E-state index is 12.4. The molecule has 0 saturated carbocycles. The summed E-state index contributed by atoms with van der Waals surface area (Å²) in [6.07, 6.45) is 0. The van der Waals surface area contributed by atoms with Gasteiger partial charge in [0.2, 0.25) is 0 Å². The summed E-state index contributed by atoms with van der Waals surface area (Å²) in [5.41, 5.74) is 2.91. The van der Waals surface area contributed by atoms with Gasteiger partial charge in [0.15, 0.2) is 10.7 Å². The second-order valence-electron chi connectivity index (χ2n) is 4.92. The molecule has 0 fully saturated rings. The minimum Gasteiger partial charge on any atom is -0.378 e. The fourth-order valence-electron chi connectivity index (χ4n) is 2.28. The lowest BCUT2D eigenvalue weighted by Gasteiger charge is -2.12. The Morgan fingerprint density at radius 2 is 1.60 bits per heavy atom. The van der Waals surface area contributed by atoms with Gasteiger partial charge in [-0.3, -0.25) is 0 Å². The van der Waals surface area contributed by atoms with Crippen molar-refractivity contribution in [2.24, 2.45) is 0 Å². The van der Waals surface area contributed by atoms with Crippen molar-refractivity contribution >= 4 is 10.1 Å². The SMILES string of the molecule is Cc1cc(C)c(OS(=O)(=O)c2c(C)noc2C)c(C)c1. The minimum atomic E-state index is -3.95. The highest BCUT2D eigenvalue weighted by molar-refractivity contribution is 7.87. The standard InChI is InChI=1S/C14H17NO4S/c1-8-6-9(2)13(10(3)7-8)19-20(16,17)14-11(4)15-18-12(14)5/h6-7H,1-5H3. The number of rotatable bonds is 3. The summed E-state index contributed by atoms with van der Waals surface area (Å²) < 4.78 is 34.9. The number of nitrogens with zero attached hydrogens (tertiary/aromatic N) is 1. The lowest BCUT2D eigenvalue weighted by Crippen LogP contribution is -2.13. The van der Waals surface area contributed by atoms with E-state index in [1.807, 2.05) is 32.9 Å². The molecule has 0 aliphatic rings. The first kappa shape index (κ1) is 14.6. The molecule has 0 saturated heterocycles. The van der Waals surface area contributed by atoms with Crippen LogP contribution in [0, 0.1) is 34.6 Å². The van der Waals surface area contributed by atoms with Crippen LogP contribution in [0.3, 0.4) is 0 Å². The first-order chi connectivity index (χ1) is 9.22. The molecule has 0 radical (unpaired) electrons. The third-order valence-electron chi connectivity index (χ3n) is 3.02. The lowest BCUT2D eigenvalue weighted by molar-refractivity contribution is 0.389. The van der Waals surface area contributed by atoms with Crippen molar-refractivity contribution in [1.82, 2.24) is 5.16 Å². The van der Waals surface area contributed by atoms with Crippen LogP contribution in [0.4, 0.5) is 0 Å². The molecule has 0 N–H and O–H groups in total. The van der Waals surface area contributed by atoms with Gasteiger partial charge in [-0.15, -0.1) is 0 Å². The van der Waals surface area contributed by atoms with Crippen LogP contribution in [0.15, 0.2) is 21.6 Å². The topological polar surface area (TPSA) is 69.4 Å². The smallest absolute Gasteiger partial charge is 0.344 e. The zero-order valence-corrected chi connectivity index (χ0v) is 13.0. The molecule has 0 amide bonds. The van der Waals surface area contributed by atoms with Gasteiger partial charge in [-0.25, -0.2) is 0 Å². The fourth-order valence-corrected chi connectivity index (χ4v) is 3.64. The summed E-state index contributed by atoms with van der Waals surface area (Å²) in [5.74, 6) is 0.584. The molecule has 1 heterocycles. The van der Waals surface area contributed by atoms with Gasteiger partial charge in [0.25, 0.3) is 0 Å². The Morgan fingerprint density at radius 3 is 2.05 bits per heavy atom. The molecule has 0 atom stereocenters. The first-order valence-electron chi connectivity index (χ1n) is 6.17. The Kier molecular flexibility index (Phi) is 3.60. The van der Waals surface area contributed by atoms with E-state index in [-0.39, 0.29) is 10.7 Å². The van der Waals surface area contributed by atoms with Crippen molar-refractivity contribution in [2.75, 3.05) is 0 Å². The maximum Gasteiger partial charge on any atom is 0.344 e. The molecule has 0 aliphatic heterocycles. The monoisotopic (exact) mass is 295 g/mol. The quantitative estimate of drug-likeness (QED) is 0.814. The average Bonchev–Trinajstić information content (AvgIpc) is 2.64. The van der Waals surface area contributed by atoms with Crippen molar-refractivity contribution < 1.29 is 17.1 Å². The van der Waals surface area contributed by atoms with Crippen molar-refractivity contribution in [3.8, 4) is 5.75 Å². The van der Waals surface area contributed by atoms with Gasteiger partial charge in [0.05, 0.1) is 0 Å². The van der Waals surface area contributed by atoms with Crippen LogP contribution >= 0.6 is 0 Å². The van der Waals surface area contributed by atoms with Crippen LogP contribution in [0.25, 0.3) is 0 Å². The van der Waals surface area contributed by atoms with E-state index in [4.69, 9.17) is 8.71 Å². The highest BCUT2D eigenvalue weighted by atomic mass is 32.2. The Labute approximate surface area is 118 Å². The van der Waals surface area contributed by atoms with Crippen molar-refractivity contribution in [1.29, 1.82) is 0 Å². The van der Waals surface area contributed by atoms with Crippen LogP contribution in [0.1, 0.15) is 28.1 Å². The number of hydrogen-bond acceptors (Lipinski definition) is 5. The normalized spacial score (nSPS) is 11.7. The van der Waals surface area contributed by atoms with Crippen LogP contribution in [0.2, 0.25) is 0 Å². The maximum absolute atomic E-state index is 12.4. The second-order valence-corrected chi connectivity index (χ2v) is 6.40. The zero-order chi connectivity index (χ0) is 15.1. The summed E-state index contributed by atoms with van der Waals surface area (Å²) in [5, 5.41) is 3.65. The van der Waals surface area contributed by atoms with E-state index in [0.717, 1.165) is 16.7 Å². The molecule has 2 aromatic rings. The van der Waals surface area contributed by atoms with Gasteiger partial charge in [-0.05, 0) is 45.7 Å². The third-order valence-corrected chi connectivity index (χ3v) is 4.48. The minimum absolute atomic E-state index is 0.00289. The average molecular weight is 295 g/mol. The van der Waals surface area contributed by atoms with Crippen molar-refractivity contribution in [2.45, 2.75) is 39.5 Å². The predicted molar refractivity (Wildman–Crippen MR) is 74.4 cm³/mol. The molecule has 0 unspecified atom stereocenters. The summed E-state index contributed by atoms with van der Waals surface area (Å²) >= 11 is 0. The molecule has 1 aromatic heterocycles. The summed E-state index contributed by atoms with van der Waals surface area (Å²) in [6.45, 7) is 8.70. The summed E-state index contributed by atoms with van der Waals surface area (Å²) in [6, 6.07) is 3.76. The van der Waals surface area contributed by atoms with Crippen molar-refractivity contribution in [3.05, 3.63) is 40.3 Å². The van der Waals surface area contributed by atoms with E-state index in [1.54, 1.807) is 13.8 Å². The number of aromatic nitrogens is 1. The second kappa shape index (κ2) is 4.94. The van der Waals surface area contributed by atoms with E-state index in [0.29, 0.717) is 11.4 Å². The molecule has 0 bridgehead atoms. The van der Waals surface area contributed by atoms with E-state index in [1.165, 1.54) is 0 Å². The molecule has 1 aromatic carbocycles. The fraction of sp³-hybridized carbons (Fsp3) is 0.357. The molecule has 0 spiro atoms. The largest absolute Gasteiger partial charge is 0.378 e. The van der Waals surface area contributed by atoms with Crippen LogP contribution in [-0.4, -0.2) is 13.6 Å². The lowest BCUT2D eigenvalue weighted by atomic mass is 10.1. The summed E-state index contributed by atoms with van der Waals surface area (Å²) in [7, 11) is -3.95.